The summed E-state index contributed by atoms with van der Waals surface area (Å²) in [6.07, 6.45) is 0. The standard InChI is InChI=1S/C14H13BrN2O/c15-12-8-4-7-11(9-12)13(17-14(16)18)10-5-2-1-3-6-10/h1-9,13H,(H3,16,17,18)/t13-/m1/s1. The van der Waals surface area contributed by atoms with Crippen molar-refractivity contribution in [3.8, 4) is 0 Å². The minimum Gasteiger partial charge on any atom is -0.352 e. The molecule has 0 heterocycles. The van der Waals surface area contributed by atoms with E-state index in [2.05, 4.69) is 21.2 Å². The highest BCUT2D eigenvalue weighted by atomic mass is 79.9. The molecule has 0 bridgehead atoms. The van der Waals surface area contributed by atoms with Gasteiger partial charge in [-0.25, -0.2) is 4.79 Å². The molecule has 0 aliphatic carbocycles. The molecule has 2 aromatic carbocycles. The van der Waals surface area contributed by atoms with Gasteiger partial charge < -0.3 is 11.1 Å². The Bertz CT molecular complexity index is 543. The molecule has 2 rings (SSSR count). The van der Waals surface area contributed by atoms with Crippen molar-refractivity contribution in [1.82, 2.24) is 5.32 Å². The summed E-state index contributed by atoms with van der Waals surface area (Å²) < 4.78 is 0.965. The lowest BCUT2D eigenvalue weighted by Crippen LogP contribution is -2.33. The Morgan fingerprint density at radius 3 is 2.33 bits per heavy atom. The quantitative estimate of drug-likeness (QED) is 0.899. The molecule has 1 atom stereocenters. The number of hydrogen-bond donors (Lipinski definition) is 2. The number of primary amides is 1. The number of nitrogens with two attached hydrogens (primary N) is 1. The molecule has 0 saturated carbocycles. The maximum atomic E-state index is 11.1. The number of carbonyl (C=O) groups is 1. The summed E-state index contributed by atoms with van der Waals surface area (Å²) in [5, 5.41) is 2.76. The minimum atomic E-state index is -0.538. The molecule has 2 amide bonds. The van der Waals surface area contributed by atoms with Crippen LogP contribution in [0.3, 0.4) is 0 Å². The molecule has 0 saturated heterocycles. The second-order valence-electron chi connectivity index (χ2n) is 3.91. The van der Waals surface area contributed by atoms with Crippen LogP contribution in [0.4, 0.5) is 4.79 Å². The molecule has 0 aromatic heterocycles. The highest BCUT2D eigenvalue weighted by Crippen LogP contribution is 2.24. The molecule has 0 spiro atoms. The summed E-state index contributed by atoms with van der Waals surface area (Å²) in [6.45, 7) is 0. The van der Waals surface area contributed by atoms with E-state index in [1.165, 1.54) is 0 Å². The van der Waals surface area contributed by atoms with Crippen molar-refractivity contribution in [3.05, 3.63) is 70.2 Å². The van der Waals surface area contributed by atoms with E-state index in [9.17, 15) is 4.79 Å². The van der Waals surface area contributed by atoms with Gasteiger partial charge in [0.15, 0.2) is 0 Å². The van der Waals surface area contributed by atoms with Crippen LogP contribution in [0.25, 0.3) is 0 Å². The van der Waals surface area contributed by atoms with E-state index in [-0.39, 0.29) is 6.04 Å². The summed E-state index contributed by atoms with van der Waals surface area (Å²) in [4.78, 5) is 11.1. The lowest BCUT2D eigenvalue weighted by molar-refractivity contribution is 0.247. The summed E-state index contributed by atoms with van der Waals surface area (Å²) >= 11 is 3.43. The van der Waals surface area contributed by atoms with Crippen LogP contribution >= 0.6 is 15.9 Å². The Labute approximate surface area is 114 Å². The van der Waals surface area contributed by atoms with E-state index < -0.39 is 6.03 Å². The van der Waals surface area contributed by atoms with Crippen LogP contribution in [0, 0.1) is 0 Å². The number of nitrogens with one attached hydrogen (secondary N) is 1. The number of urea groups is 1. The fraction of sp³-hybridized carbons (Fsp3) is 0.0714. The Morgan fingerprint density at radius 1 is 1.06 bits per heavy atom. The number of halogens is 1. The number of amides is 2. The normalized spacial score (nSPS) is 11.8. The third kappa shape index (κ3) is 3.11. The molecule has 0 aliphatic rings. The Morgan fingerprint density at radius 2 is 1.72 bits per heavy atom. The van der Waals surface area contributed by atoms with E-state index >= 15 is 0 Å². The van der Waals surface area contributed by atoms with E-state index in [0.717, 1.165) is 15.6 Å². The summed E-state index contributed by atoms with van der Waals surface area (Å²) in [7, 11) is 0. The van der Waals surface area contributed by atoms with Gasteiger partial charge in [-0.3, -0.25) is 0 Å². The van der Waals surface area contributed by atoms with Crippen molar-refractivity contribution in [2.24, 2.45) is 5.73 Å². The zero-order valence-electron chi connectivity index (χ0n) is 9.64. The van der Waals surface area contributed by atoms with Gasteiger partial charge in [0.25, 0.3) is 0 Å². The highest BCUT2D eigenvalue weighted by molar-refractivity contribution is 9.10. The number of benzene rings is 2. The fourth-order valence-corrected chi connectivity index (χ4v) is 2.25. The average molecular weight is 305 g/mol. The second-order valence-corrected chi connectivity index (χ2v) is 4.82. The molecule has 4 heteroatoms. The van der Waals surface area contributed by atoms with Crippen LogP contribution in [0.1, 0.15) is 17.2 Å². The van der Waals surface area contributed by atoms with Crippen molar-refractivity contribution in [2.75, 3.05) is 0 Å². The molecule has 0 fully saturated rings. The second kappa shape index (κ2) is 5.69. The van der Waals surface area contributed by atoms with Crippen molar-refractivity contribution in [3.63, 3.8) is 0 Å². The molecular weight excluding hydrogens is 292 g/mol. The van der Waals surface area contributed by atoms with Crippen molar-refractivity contribution in [2.45, 2.75) is 6.04 Å². The van der Waals surface area contributed by atoms with E-state index in [1.54, 1.807) is 0 Å². The average Bonchev–Trinajstić information content (AvgIpc) is 2.37. The van der Waals surface area contributed by atoms with E-state index in [0.29, 0.717) is 0 Å². The Balaban J connectivity index is 2.40. The largest absolute Gasteiger partial charge is 0.352 e. The SMILES string of the molecule is NC(=O)N[C@H](c1ccccc1)c1cccc(Br)c1. The first-order chi connectivity index (χ1) is 8.66. The summed E-state index contributed by atoms with van der Waals surface area (Å²) in [5.74, 6) is 0. The van der Waals surface area contributed by atoms with Gasteiger partial charge in [0.2, 0.25) is 0 Å². The smallest absolute Gasteiger partial charge is 0.312 e. The molecule has 18 heavy (non-hydrogen) atoms. The predicted octanol–water partition coefficient (Wildman–Crippen LogP) is 3.21. The van der Waals surface area contributed by atoms with Gasteiger partial charge in [-0.05, 0) is 23.3 Å². The lowest BCUT2D eigenvalue weighted by Gasteiger charge is -2.18. The van der Waals surface area contributed by atoms with Crippen molar-refractivity contribution < 1.29 is 4.79 Å². The summed E-state index contributed by atoms with van der Waals surface area (Å²) in [6, 6.07) is 16.7. The van der Waals surface area contributed by atoms with Gasteiger partial charge in [-0.1, -0.05) is 58.4 Å². The Kier molecular flexibility index (Phi) is 3.99. The van der Waals surface area contributed by atoms with Gasteiger partial charge in [0, 0.05) is 4.47 Å². The zero-order chi connectivity index (χ0) is 13.0. The first-order valence-electron chi connectivity index (χ1n) is 5.53. The van der Waals surface area contributed by atoms with Gasteiger partial charge >= 0.3 is 6.03 Å². The number of rotatable bonds is 3. The molecule has 3 nitrogen and oxygen atoms in total. The number of carbonyl (C=O) groups excluding carboxylic acids is 1. The minimum absolute atomic E-state index is 0.235. The topological polar surface area (TPSA) is 55.1 Å². The molecule has 2 aromatic rings. The lowest BCUT2D eigenvalue weighted by atomic mass is 9.99. The number of hydrogen-bond acceptors (Lipinski definition) is 1. The van der Waals surface area contributed by atoms with Crippen LogP contribution in [0.15, 0.2) is 59.1 Å². The molecule has 0 radical (unpaired) electrons. The van der Waals surface area contributed by atoms with Crippen LogP contribution in [-0.4, -0.2) is 6.03 Å². The highest BCUT2D eigenvalue weighted by Gasteiger charge is 2.15. The zero-order valence-corrected chi connectivity index (χ0v) is 11.2. The van der Waals surface area contributed by atoms with E-state index in [1.807, 2.05) is 54.6 Å². The van der Waals surface area contributed by atoms with Gasteiger partial charge in [-0.2, -0.15) is 0 Å². The fourth-order valence-electron chi connectivity index (χ4n) is 1.83. The monoisotopic (exact) mass is 304 g/mol. The maximum absolute atomic E-state index is 11.1. The van der Waals surface area contributed by atoms with Crippen LogP contribution in [0.5, 0.6) is 0 Å². The molecule has 0 unspecified atom stereocenters. The summed E-state index contributed by atoms with van der Waals surface area (Å²) in [5.41, 5.74) is 7.22. The Hall–Kier alpha value is -1.81. The van der Waals surface area contributed by atoms with Crippen LogP contribution in [0.2, 0.25) is 0 Å². The van der Waals surface area contributed by atoms with Crippen molar-refractivity contribution in [1.29, 1.82) is 0 Å². The van der Waals surface area contributed by atoms with E-state index in [4.69, 9.17) is 5.73 Å². The van der Waals surface area contributed by atoms with Crippen LogP contribution < -0.4 is 11.1 Å². The van der Waals surface area contributed by atoms with Gasteiger partial charge in [0.1, 0.15) is 0 Å². The molecule has 92 valence electrons. The third-order valence-corrected chi connectivity index (χ3v) is 3.09. The predicted molar refractivity (Wildman–Crippen MR) is 75.1 cm³/mol. The third-order valence-electron chi connectivity index (χ3n) is 2.60. The molecular formula is C14H13BrN2O. The van der Waals surface area contributed by atoms with Gasteiger partial charge in [0.05, 0.1) is 6.04 Å². The van der Waals surface area contributed by atoms with Gasteiger partial charge in [-0.15, -0.1) is 0 Å². The maximum Gasteiger partial charge on any atom is 0.312 e. The van der Waals surface area contributed by atoms with Crippen molar-refractivity contribution >= 4 is 22.0 Å². The molecule has 3 N–H and O–H groups in total. The first-order valence-corrected chi connectivity index (χ1v) is 6.32. The molecule has 0 aliphatic heterocycles. The van der Waals surface area contributed by atoms with Crippen LogP contribution in [-0.2, 0) is 0 Å². The first kappa shape index (κ1) is 12.6.